The Morgan fingerprint density at radius 2 is 1.91 bits per heavy atom. The molecule has 0 radical (unpaired) electrons. The minimum Gasteiger partial charge on any atom is -0.392 e. The van der Waals surface area contributed by atoms with Gasteiger partial charge < -0.3 is 5.11 Å². The molecule has 0 saturated heterocycles. The van der Waals surface area contributed by atoms with Gasteiger partial charge in [-0.25, -0.2) is 8.42 Å². The summed E-state index contributed by atoms with van der Waals surface area (Å²) in [6.07, 6.45) is 1.23. The van der Waals surface area contributed by atoms with Gasteiger partial charge in [0.2, 0.25) is 0 Å². The van der Waals surface area contributed by atoms with Crippen molar-refractivity contribution in [1.29, 1.82) is 0 Å². The van der Waals surface area contributed by atoms with Crippen LogP contribution in [-0.2, 0) is 9.84 Å². The minimum atomic E-state index is -3.03. The highest BCUT2D eigenvalue weighted by molar-refractivity contribution is 7.90. The summed E-state index contributed by atoms with van der Waals surface area (Å²) < 4.78 is 21.4. The topological polar surface area (TPSA) is 54.4 Å². The molecule has 0 spiro atoms. The van der Waals surface area contributed by atoms with Crippen molar-refractivity contribution in [1.82, 2.24) is 0 Å². The van der Waals surface area contributed by atoms with Crippen LogP contribution in [0.15, 0.2) is 0 Å². The van der Waals surface area contributed by atoms with E-state index < -0.39 is 15.9 Å². The largest absolute Gasteiger partial charge is 0.392 e. The third-order valence-corrected chi connectivity index (χ3v) is 2.72. The van der Waals surface area contributed by atoms with E-state index in [2.05, 4.69) is 0 Å². The van der Waals surface area contributed by atoms with Gasteiger partial charge in [0.05, 0.1) is 11.9 Å². The summed E-state index contributed by atoms with van der Waals surface area (Å²) >= 11 is 0. The van der Waals surface area contributed by atoms with Gasteiger partial charge in [-0.15, -0.1) is 0 Å². The SMILES string of the molecule is CCC(C)C(O)CS(C)(=O)=O. The Morgan fingerprint density at radius 3 is 2.18 bits per heavy atom. The van der Waals surface area contributed by atoms with Crippen LogP contribution in [0.2, 0.25) is 0 Å². The predicted molar refractivity (Wildman–Crippen MR) is 45.2 cm³/mol. The van der Waals surface area contributed by atoms with Crippen LogP contribution in [0.3, 0.4) is 0 Å². The van der Waals surface area contributed by atoms with Crippen LogP contribution in [0.4, 0.5) is 0 Å². The van der Waals surface area contributed by atoms with Crippen molar-refractivity contribution in [3.8, 4) is 0 Å². The van der Waals surface area contributed by atoms with Crippen molar-refractivity contribution in [2.75, 3.05) is 12.0 Å². The first-order valence-corrected chi connectivity index (χ1v) is 5.78. The monoisotopic (exact) mass is 180 g/mol. The lowest BCUT2D eigenvalue weighted by Crippen LogP contribution is -2.26. The molecule has 68 valence electrons. The molecule has 0 heterocycles. The predicted octanol–water partition coefficient (Wildman–Crippen LogP) is 0.438. The van der Waals surface area contributed by atoms with Crippen LogP contribution < -0.4 is 0 Å². The van der Waals surface area contributed by atoms with Crippen molar-refractivity contribution in [2.45, 2.75) is 26.4 Å². The molecule has 2 atom stereocenters. The third kappa shape index (κ3) is 5.21. The highest BCUT2D eigenvalue weighted by Gasteiger charge is 2.17. The van der Waals surface area contributed by atoms with Crippen LogP contribution in [0.5, 0.6) is 0 Å². The summed E-state index contributed by atoms with van der Waals surface area (Å²) in [6, 6.07) is 0. The second-order valence-corrected chi connectivity index (χ2v) is 5.23. The fourth-order valence-electron chi connectivity index (χ4n) is 0.747. The fourth-order valence-corrected chi connectivity index (χ4v) is 1.70. The minimum absolute atomic E-state index is 0.0599. The maximum Gasteiger partial charge on any atom is 0.150 e. The normalized spacial score (nSPS) is 17.8. The Balaban J connectivity index is 3.98. The highest BCUT2D eigenvalue weighted by atomic mass is 32.2. The first kappa shape index (κ1) is 10.9. The average molecular weight is 180 g/mol. The number of rotatable bonds is 4. The Hall–Kier alpha value is -0.0900. The van der Waals surface area contributed by atoms with Gasteiger partial charge >= 0.3 is 0 Å². The van der Waals surface area contributed by atoms with Crippen molar-refractivity contribution in [3.05, 3.63) is 0 Å². The quantitative estimate of drug-likeness (QED) is 0.683. The fraction of sp³-hybridized carbons (Fsp3) is 1.00. The molecule has 0 bridgehead atoms. The maximum absolute atomic E-state index is 10.7. The van der Waals surface area contributed by atoms with Gasteiger partial charge in [-0.2, -0.15) is 0 Å². The van der Waals surface area contributed by atoms with Crippen LogP contribution in [0, 0.1) is 5.92 Å². The van der Waals surface area contributed by atoms with Crippen molar-refractivity contribution in [2.24, 2.45) is 5.92 Å². The van der Waals surface area contributed by atoms with E-state index in [0.29, 0.717) is 0 Å². The molecule has 0 aromatic rings. The van der Waals surface area contributed by atoms with Gasteiger partial charge in [-0.1, -0.05) is 20.3 Å². The van der Waals surface area contributed by atoms with Gasteiger partial charge in [-0.3, -0.25) is 0 Å². The molecule has 0 aromatic heterocycles. The van der Waals surface area contributed by atoms with Gasteiger partial charge in [0.1, 0.15) is 9.84 Å². The zero-order valence-corrected chi connectivity index (χ0v) is 8.06. The second kappa shape index (κ2) is 4.07. The van der Waals surface area contributed by atoms with E-state index in [1.165, 1.54) is 0 Å². The summed E-state index contributed by atoms with van der Waals surface area (Å²) in [5.41, 5.74) is 0. The molecular formula is C7H16O3S. The zero-order valence-electron chi connectivity index (χ0n) is 7.24. The molecule has 4 heteroatoms. The molecule has 0 rings (SSSR count). The first-order chi connectivity index (χ1) is 4.87. The summed E-state index contributed by atoms with van der Waals surface area (Å²) in [7, 11) is -3.03. The standard InChI is InChI=1S/C7H16O3S/c1-4-6(2)7(8)5-11(3,9)10/h6-8H,4-5H2,1-3H3. The molecule has 1 N–H and O–H groups in total. The third-order valence-electron chi connectivity index (χ3n) is 1.77. The van der Waals surface area contributed by atoms with Crippen molar-refractivity contribution >= 4 is 9.84 Å². The van der Waals surface area contributed by atoms with Gasteiger partial charge in [0.25, 0.3) is 0 Å². The van der Waals surface area contributed by atoms with Crippen LogP contribution >= 0.6 is 0 Å². The van der Waals surface area contributed by atoms with Crippen molar-refractivity contribution < 1.29 is 13.5 Å². The summed E-state index contributed by atoms with van der Waals surface area (Å²) in [5.74, 6) is -0.0631. The van der Waals surface area contributed by atoms with E-state index in [-0.39, 0.29) is 11.7 Å². The Kier molecular flexibility index (Phi) is 4.03. The Morgan fingerprint density at radius 1 is 1.45 bits per heavy atom. The molecule has 0 aliphatic heterocycles. The molecule has 0 aliphatic rings. The second-order valence-electron chi connectivity index (χ2n) is 3.05. The molecule has 0 saturated carbocycles. The van der Waals surface area contributed by atoms with E-state index >= 15 is 0 Å². The van der Waals surface area contributed by atoms with Crippen LogP contribution in [0.1, 0.15) is 20.3 Å². The van der Waals surface area contributed by atoms with Gasteiger partial charge in [0, 0.05) is 6.26 Å². The molecular weight excluding hydrogens is 164 g/mol. The molecule has 11 heavy (non-hydrogen) atoms. The van der Waals surface area contributed by atoms with E-state index in [4.69, 9.17) is 0 Å². The van der Waals surface area contributed by atoms with Gasteiger partial charge in [0.15, 0.2) is 0 Å². The first-order valence-electron chi connectivity index (χ1n) is 3.72. The van der Waals surface area contributed by atoms with Crippen molar-refractivity contribution in [3.63, 3.8) is 0 Å². The number of aliphatic hydroxyl groups excluding tert-OH is 1. The van der Waals surface area contributed by atoms with E-state index in [1.54, 1.807) is 0 Å². The van der Waals surface area contributed by atoms with E-state index in [1.807, 2.05) is 13.8 Å². The van der Waals surface area contributed by atoms with E-state index in [0.717, 1.165) is 12.7 Å². The smallest absolute Gasteiger partial charge is 0.150 e. The number of aliphatic hydroxyl groups is 1. The average Bonchev–Trinajstić information content (AvgIpc) is 1.82. The van der Waals surface area contributed by atoms with Crippen LogP contribution in [-0.4, -0.2) is 31.6 Å². The lowest BCUT2D eigenvalue weighted by molar-refractivity contribution is 0.135. The molecule has 0 amide bonds. The molecule has 0 aliphatic carbocycles. The highest BCUT2D eigenvalue weighted by Crippen LogP contribution is 2.08. The molecule has 2 unspecified atom stereocenters. The lowest BCUT2D eigenvalue weighted by atomic mass is 10.0. The maximum atomic E-state index is 10.7. The molecule has 3 nitrogen and oxygen atoms in total. The summed E-state index contributed by atoms with van der Waals surface area (Å²) in [5, 5.41) is 9.27. The molecule has 0 fully saturated rings. The number of hydrogen-bond donors (Lipinski definition) is 1. The number of sulfone groups is 1. The summed E-state index contributed by atoms with van der Waals surface area (Å²) in [4.78, 5) is 0. The lowest BCUT2D eigenvalue weighted by Gasteiger charge is -2.15. The summed E-state index contributed by atoms with van der Waals surface area (Å²) in [6.45, 7) is 3.77. The van der Waals surface area contributed by atoms with Crippen LogP contribution in [0.25, 0.3) is 0 Å². The molecule has 0 aromatic carbocycles. The Labute approximate surface area is 68.3 Å². The van der Waals surface area contributed by atoms with Gasteiger partial charge in [-0.05, 0) is 5.92 Å². The number of hydrogen-bond acceptors (Lipinski definition) is 3. The Bertz CT molecular complexity index is 196. The zero-order chi connectivity index (χ0) is 9.07. The van der Waals surface area contributed by atoms with E-state index in [9.17, 15) is 13.5 Å².